The normalized spacial score (nSPS) is 20.6. The van der Waals surface area contributed by atoms with Crippen LogP contribution in [0.2, 0.25) is 0 Å². The Morgan fingerprint density at radius 2 is 1.58 bits per heavy atom. The van der Waals surface area contributed by atoms with Gasteiger partial charge in [0, 0.05) is 29.4 Å². The first-order valence-electron chi connectivity index (χ1n) is 11.6. The highest BCUT2D eigenvalue weighted by atomic mass is 32.2. The summed E-state index contributed by atoms with van der Waals surface area (Å²) in [6.45, 7) is 3.04. The molecule has 3 aromatic carbocycles. The number of rotatable bonds is 9. The number of amides is 1. The minimum absolute atomic E-state index is 0.148. The van der Waals surface area contributed by atoms with Crippen LogP contribution in [0, 0.1) is 5.92 Å². The minimum atomic E-state index is -0.820. The Bertz CT molecular complexity index is 1020. The maximum absolute atomic E-state index is 13.3. The van der Waals surface area contributed by atoms with Crippen LogP contribution >= 0.6 is 11.8 Å². The second-order valence-electron chi connectivity index (χ2n) is 9.34. The number of benzene rings is 3. The molecule has 1 fully saturated rings. The lowest BCUT2D eigenvalue weighted by Gasteiger charge is -2.38. The molecule has 0 spiro atoms. The van der Waals surface area contributed by atoms with E-state index in [4.69, 9.17) is 5.73 Å². The second-order valence-corrected chi connectivity index (χ2v) is 10.5. The molecule has 4 nitrogen and oxygen atoms in total. The van der Waals surface area contributed by atoms with Crippen LogP contribution in [-0.2, 0) is 10.2 Å². The van der Waals surface area contributed by atoms with Gasteiger partial charge in [0.2, 0.25) is 5.91 Å². The standard InChI is InChI=1S/C28H32N2O2S/c1-30(18-8-20-33-26-15-13-25(31)14-16-26)19-17-24(21-30)28(27(29)32,22-9-4-2-5-10-22)23-11-6-3-7-12-23/h2-7,9-16,24H,8,17-21H2,1H3,(H2-,29,31,32)/p+1. The minimum Gasteiger partial charge on any atom is -0.508 e. The molecule has 5 heteroatoms. The van der Waals surface area contributed by atoms with Crippen LogP contribution in [0.15, 0.2) is 89.8 Å². The van der Waals surface area contributed by atoms with Crippen molar-refractivity contribution in [3.8, 4) is 5.75 Å². The van der Waals surface area contributed by atoms with Crippen molar-refractivity contribution in [1.82, 2.24) is 0 Å². The Balaban J connectivity index is 1.51. The summed E-state index contributed by atoms with van der Waals surface area (Å²) in [7, 11) is 2.31. The molecule has 33 heavy (non-hydrogen) atoms. The fourth-order valence-electron chi connectivity index (χ4n) is 5.44. The number of carbonyl (C=O) groups is 1. The lowest BCUT2D eigenvalue weighted by atomic mass is 9.64. The van der Waals surface area contributed by atoms with Gasteiger partial charge in [0.15, 0.2) is 0 Å². The number of hydrogen-bond acceptors (Lipinski definition) is 3. The van der Waals surface area contributed by atoms with Gasteiger partial charge in [0.25, 0.3) is 0 Å². The average Bonchev–Trinajstić information content (AvgIpc) is 3.22. The highest BCUT2D eigenvalue weighted by Gasteiger charge is 2.53. The van der Waals surface area contributed by atoms with E-state index < -0.39 is 5.41 Å². The van der Waals surface area contributed by atoms with Gasteiger partial charge in [-0.15, -0.1) is 11.8 Å². The van der Waals surface area contributed by atoms with Crippen LogP contribution in [0.4, 0.5) is 0 Å². The smallest absolute Gasteiger partial charge is 0.233 e. The molecule has 1 aliphatic heterocycles. The highest BCUT2D eigenvalue weighted by Crippen LogP contribution is 2.45. The molecule has 1 heterocycles. The van der Waals surface area contributed by atoms with E-state index in [1.807, 2.05) is 60.3 Å². The summed E-state index contributed by atoms with van der Waals surface area (Å²) in [6.07, 6.45) is 2.06. The zero-order valence-corrected chi connectivity index (χ0v) is 20.0. The van der Waals surface area contributed by atoms with Crippen LogP contribution in [0.5, 0.6) is 5.75 Å². The number of phenols is 1. The summed E-state index contributed by atoms with van der Waals surface area (Å²) >= 11 is 1.82. The third-order valence-electron chi connectivity index (χ3n) is 7.09. The van der Waals surface area contributed by atoms with Gasteiger partial charge in [-0.3, -0.25) is 4.79 Å². The Morgan fingerprint density at radius 3 is 2.12 bits per heavy atom. The predicted molar refractivity (Wildman–Crippen MR) is 135 cm³/mol. The number of likely N-dealkylation sites (tertiary alicyclic amines) is 1. The molecule has 1 amide bonds. The number of nitrogens with two attached hydrogens (primary N) is 1. The molecular weight excluding hydrogens is 428 g/mol. The first kappa shape index (κ1) is 23.4. The van der Waals surface area contributed by atoms with Gasteiger partial charge in [0.05, 0.1) is 26.7 Å². The number of aromatic hydroxyl groups is 1. The maximum atomic E-state index is 13.3. The number of thioether (sulfide) groups is 1. The third-order valence-corrected chi connectivity index (χ3v) is 8.18. The molecule has 0 aromatic heterocycles. The Morgan fingerprint density at radius 1 is 1.00 bits per heavy atom. The van der Waals surface area contributed by atoms with Crippen molar-refractivity contribution in [2.24, 2.45) is 11.7 Å². The van der Waals surface area contributed by atoms with Gasteiger partial charge < -0.3 is 15.3 Å². The summed E-state index contributed by atoms with van der Waals surface area (Å²) in [5.74, 6) is 1.22. The van der Waals surface area contributed by atoms with Gasteiger partial charge in [-0.2, -0.15) is 0 Å². The molecule has 1 aliphatic rings. The Kier molecular flexibility index (Phi) is 7.11. The van der Waals surface area contributed by atoms with Gasteiger partial charge >= 0.3 is 0 Å². The van der Waals surface area contributed by atoms with Crippen molar-refractivity contribution >= 4 is 17.7 Å². The third kappa shape index (κ3) is 4.94. The topological polar surface area (TPSA) is 63.3 Å². The van der Waals surface area contributed by atoms with E-state index in [0.717, 1.165) is 53.8 Å². The molecule has 1 saturated heterocycles. The number of quaternary nitrogens is 1. The molecule has 4 rings (SSSR count). The fraction of sp³-hybridized carbons (Fsp3) is 0.321. The number of primary amides is 1. The molecule has 3 aromatic rings. The molecule has 172 valence electrons. The summed E-state index contributed by atoms with van der Waals surface area (Å²) in [5.41, 5.74) is 7.40. The van der Waals surface area contributed by atoms with Crippen molar-refractivity contribution in [1.29, 1.82) is 0 Å². The molecule has 0 aliphatic carbocycles. The van der Waals surface area contributed by atoms with Gasteiger partial charge in [0.1, 0.15) is 11.2 Å². The second kappa shape index (κ2) is 10.0. The van der Waals surface area contributed by atoms with Crippen molar-refractivity contribution in [2.45, 2.75) is 23.2 Å². The Labute approximate surface area is 201 Å². The monoisotopic (exact) mass is 461 g/mol. The van der Waals surface area contributed by atoms with Crippen LogP contribution in [0.1, 0.15) is 24.0 Å². The zero-order chi connectivity index (χ0) is 23.3. The molecule has 2 atom stereocenters. The average molecular weight is 462 g/mol. The molecule has 3 N–H and O–H groups in total. The highest BCUT2D eigenvalue weighted by molar-refractivity contribution is 7.99. The van der Waals surface area contributed by atoms with Gasteiger partial charge in [-0.1, -0.05) is 60.7 Å². The Hall–Kier alpha value is -2.76. The lowest BCUT2D eigenvalue weighted by Crippen LogP contribution is -2.51. The van der Waals surface area contributed by atoms with Crippen molar-refractivity contribution in [3.05, 3.63) is 96.1 Å². The summed E-state index contributed by atoms with van der Waals surface area (Å²) in [4.78, 5) is 14.4. The number of carbonyl (C=O) groups excluding carboxylic acids is 1. The van der Waals surface area contributed by atoms with Crippen molar-refractivity contribution in [2.75, 3.05) is 32.4 Å². The van der Waals surface area contributed by atoms with E-state index in [1.54, 1.807) is 12.1 Å². The SMILES string of the molecule is C[N+]1(CCCSc2ccc(O)cc2)CCC(C(C(N)=O)(c2ccccc2)c2ccccc2)C1. The molecular formula is C28H33N2O2S+. The summed E-state index contributed by atoms with van der Waals surface area (Å²) < 4.78 is 0.954. The first-order chi connectivity index (χ1) is 15.9. The van der Waals surface area contributed by atoms with Gasteiger partial charge in [-0.25, -0.2) is 0 Å². The summed E-state index contributed by atoms with van der Waals surface area (Å²) in [5, 5.41) is 9.46. The van der Waals surface area contributed by atoms with Crippen LogP contribution in [-0.4, -0.2) is 47.9 Å². The largest absolute Gasteiger partial charge is 0.508 e. The maximum Gasteiger partial charge on any atom is 0.233 e. The van der Waals surface area contributed by atoms with E-state index in [-0.39, 0.29) is 11.8 Å². The van der Waals surface area contributed by atoms with E-state index in [9.17, 15) is 9.90 Å². The van der Waals surface area contributed by atoms with Gasteiger partial charge in [-0.05, 0) is 35.4 Å². The number of phenolic OH excluding ortho intramolecular Hbond substituents is 1. The molecule has 0 bridgehead atoms. The van der Waals surface area contributed by atoms with Crippen molar-refractivity contribution < 1.29 is 14.4 Å². The van der Waals surface area contributed by atoms with E-state index in [1.165, 1.54) is 4.90 Å². The first-order valence-corrected chi connectivity index (χ1v) is 12.6. The van der Waals surface area contributed by atoms with E-state index >= 15 is 0 Å². The zero-order valence-electron chi connectivity index (χ0n) is 19.2. The van der Waals surface area contributed by atoms with Crippen LogP contribution in [0.3, 0.4) is 0 Å². The quantitative estimate of drug-likeness (QED) is 0.273. The van der Waals surface area contributed by atoms with E-state index in [2.05, 4.69) is 31.3 Å². The predicted octanol–water partition coefficient (Wildman–Crippen LogP) is 4.81. The number of nitrogens with zero attached hydrogens (tertiary/aromatic N) is 1. The fourth-order valence-corrected chi connectivity index (χ4v) is 6.28. The number of hydrogen-bond donors (Lipinski definition) is 2. The lowest BCUT2D eigenvalue weighted by molar-refractivity contribution is -0.899. The van der Waals surface area contributed by atoms with E-state index in [0.29, 0.717) is 5.75 Å². The molecule has 0 saturated carbocycles. The molecule has 0 radical (unpaired) electrons. The van der Waals surface area contributed by atoms with Crippen LogP contribution < -0.4 is 5.73 Å². The molecule has 2 unspecified atom stereocenters. The van der Waals surface area contributed by atoms with Crippen LogP contribution in [0.25, 0.3) is 0 Å². The summed E-state index contributed by atoms with van der Waals surface area (Å²) in [6, 6.07) is 27.6. The van der Waals surface area contributed by atoms with Crippen molar-refractivity contribution in [3.63, 3.8) is 0 Å².